The van der Waals surface area contributed by atoms with Gasteiger partial charge in [-0.25, -0.2) is 14.6 Å². The van der Waals surface area contributed by atoms with E-state index in [4.69, 9.17) is 4.98 Å². The molecule has 0 radical (unpaired) electrons. The summed E-state index contributed by atoms with van der Waals surface area (Å²) in [6, 6.07) is 10.2. The zero-order valence-electron chi connectivity index (χ0n) is 18.4. The zero-order chi connectivity index (χ0) is 22.0. The lowest BCUT2D eigenvalue weighted by molar-refractivity contribution is 0.301. The molecular formula is C25H26N8. The smallest absolute Gasteiger partial charge is 0.182 e. The van der Waals surface area contributed by atoms with Crippen molar-refractivity contribution in [2.24, 2.45) is 5.92 Å². The molecule has 1 saturated carbocycles. The number of fused-ring (bicyclic) bond motifs is 1. The van der Waals surface area contributed by atoms with Crippen molar-refractivity contribution in [3.63, 3.8) is 0 Å². The first-order valence-electron chi connectivity index (χ1n) is 11.5. The number of rotatable bonds is 8. The fraction of sp³-hybridized carbons (Fsp3) is 0.280. The highest BCUT2D eigenvalue weighted by atomic mass is 15.3. The first kappa shape index (κ1) is 19.9. The minimum absolute atomic E-state index is 0.564. The maximum atomic E-state index is 4.75. The van der Waals surface area contributed by atoms with Gasteiger partial charge in [-0.05, 0) is 55.1 Å². The van der Waals surface area contributed by atoms with Crippen LogP contribution in [0.3, 0.4) is 0 Å². The Kier molecular flexibility index (Phi) is 5.20. The fourth-order valence-electron chi connectivity index (χ4n) is 4.26. The molecule has 5 aromatic rings. The van der Waals surface area contributed by atoms with Gasteiger partial charge in [-0.2, -0.15) is 5.10 Å². The van der Waals surface area contributed by atoms with E-state index in [0.717, 1.165) is 41.6 Å². The molecule has 0 saturated heterocycles. The van der Waals surface area contributed by atoms with E-state index in [1.54, 1.807) is 12.5 Å². The van der Waals surface area contributed by atoms with Crippen molar-refractivity contribution < 1.29 is 0 Å². The molecule has 1 N–H and O–H groups in total. The second-order valence-electron chi connectivity index (χ2n) is 8.75. The molecule has 0 spiro atoms. The summed E-state index contributed by atoms with van der Waals surface area (Å²) in [5.74, 6) is 1.52. The quantitative estimate of drug-likeness (QED) is 0.400. The van der Waals surface area contributed by atoms with Gasteiger partial charge in [-0.1, -0.05) is 12.5 Å². The third kappa shape index (κ3) is 4.29. The summed E-state index contributed by atoms with van der Waals surface area (Å²) in [5, 5.41) is 8.24. The van der Waals surface area contributed by atoms with Crippen LogP contribution in [0.15, 0.2) is 73.8 Å². The SMILES string of the molecule is c1ccn(-c2cncc(-c3ncn(Cc4cn5cc(CNCC6CCC6)ccc5n4)n3)c2)c1. The van der Waals surface area contributed by atoms with Gasteiger partial charge in [0.1, 0.15) is 12.0 Å². The zero-order valence-corrected chi connectivity index (χ0v) is 18.4. The van der Waals surface area contributed by atoms with Gasteiger partial charge in [0.2, 0.25) is 0 Å². The standard InChI is InChI=1S/C25H26N8/c1-2-9-31(8-1)23-10-21(13-27-14-23)25-28-18-33(30-25)17-22-16-32-15-20(6-7-24(32)29-22)12-26-11-19-4-3-5-19/h1-2,6-10,13-16,18-19,26H,3-5,11-12,17H2. The monoisotopic (exact) mass is 438 g/mol. The molecule has 1 aliphatic carbocycles. The highest BCUT2D eigenvalue weighted by Crippen LogP contribution is 2.25. The van der Waals surface area contributed by atoms with Gasteiger partial charge in [-0.3, -0.25) is 4.98 Å². The van der Waals surface area contributed by atoms with E-state index in [1.807, 2.05) is 46.0 Å². The Morgan fingerprint density at radius 2 is 1.97 bits per heavy atom. The topological polar surface area (TPSA) is 77.9 Å². The Bertz CT molecular complexity index is 1360. The maximum Gasteiger partial charge on any atom is 0.182 e. The van der Waals surface area contributed by atoms with Gasteiger partial charge < -0.3 is 14.3 Å². The highest BCUT2D eigenvalue weighted by Gasteiger charge is 2.16. The average molecular weight is 439 g/mol. The first-order valence-corrected chi connectivity index (χ1v) is 11.5. The van der Waals surface area contributed by atoms with Gasteiger partial charge in [0.25, 0.3) is 0 Å². The number of nitrogens with zero attached hydrogens (tertiary/aromatic N) is 7. The lowest BCUT2D eigenvalue weighted by atomic mass is 9.85. The van der Waals surface area contributed by atoms with Crippen molar-refractivity contribution in [2.75, 3.05) is 6.54 Å². The minimum Gasteiger partial charge on any atom is -0.322 e. The maximum absolute atomic E-state index is 4.75. The number of pyridine rings is 2. The fourth-order valence-corrected chi connectivity index (χ4v) is 4.26. The van der Waals surface area contributed by atoms with Crippen molar-refractivity contribution in [2.45, 2.75) is 32.4 Å². The average Bonchev–Trinajstić information content (AvgIpc) is 3.56. The van der Waals surface area contributed by atoms with Crippen LogP contribution in [0.25, 0.3) is 22.7 Å². The van der Waals surface area contributed by atoms with Crippen LogP contribution < -0.4 is 5.32 Å². The Hall–Kier alpha value is -3.78. The first-order chi connectivity index (χ1) is 16.3. The molecule has 0 unspecified atom stereocenters. The third-order valence-electron chi connectivity index (χ3n) is 6.29. The summed E-state index contributed by atoms with van der Waals surface area (Å²) in [6.45, 7) is 2.57. The Balaban J connectivity index is 1.15. The van der Waals surface area contributed by atoms with Crippen LogP contribution in [0.4, 0.5) is 0 Å². The number of nitrogens with one attached hydrogen (secondary N) is 1. The molecule has 0 amide bonds. The molecule has 5 aromatic heterocycles. The van der Waals surface area contributed by atoms with Gasteiger partial charge in [-0.15, -0.1) is 0 Å². The van der Waals surface area contributed by atoms with Gasteiger partial charge in [0.05, 0.1) is 24.1 Å². The summed E-state index contributed by atoms with van der Waals surface area (Å²) in [6.07, 6.45) is 17.7. The van der Waals surface area contributed by atoms with E-state index in [1.165, 1.54) is 24.8 Å². The van der Waals surface area contributed by atoms with Crippen LogP contribution in [0.5, 0.6) is 0 Å². The Morgan fingerprint density at radius 3 is 2.82 bits per heavy atom. The van der Waals surface area contributed by atoms with Crippen LogP contribution in [0.1, 0.15) is 30.5 Å². The molecular weight excluding hydrogens is 412 g/mol. The largest absolute Gasteiger partial charge is 0.322 e. The summed E-state index contributed by atoms with van der Waals surface area (Å²) in [7, 11) is 0. The van der Waals surface area contributed by atoms with E-state index < -0.39 is 0 Å². The highest BCUT2D eigenvalue weighted by molar-refractivity contribution is 5.56. The summed E-state index contributed by atoms with van der Waals surface area (Å²) < 4.78 is 5.93. The Morgan fingerprint density at radius 1 is 1.06 bits per heavy atom. The van der Waals surface area contributed by atoms with Gasteiger partial charge in [0.15, 0.2) is 5.82 Å². The number of hydrogen-bond acceptors (Lipinski definition) is 5. The van der Waals surface area contributed by atoms with E-state index >= 15 is 0 Å². The molecule has 0 bridgehead atoms. The van der Waals surface area contributed by atoms with Crippen LogP contribution in [0, 0.1) is 5.92 Å². The second-order valence-corrected chi connectivity index (χ2v) is 8.75. The van der Waals surface area contributed by atoms with E-state index in [2.05, 4.69) is 49.3 Å². The molecule has 8 nitrogen and oxygen atoms in total. The number of imidazole rings is 1. The summed E-state index contributed by atoms with van der Waals surface area (Å²) >= 11 is 0. The van der Waals surface area contributed by atoms with Crippen LogP contribution in [-0.2, 0) is 13.1 Å². The predicted molar refractivity (Wildman–Crippen MR) is 126 cm³/mol. The number of hydrogen-bond donors (Lipinski definition) is 1. The molecule has 5 heterocycles. The number of aromatic nitrogens is 7. The molecule has 0 aliphatic heterocycles. The van der Waals surface area contributed by atoms with E-state index in [-0.39, 0.29) is 0 Å². The van der Waals surface area contributed by atoms with Crippen molar-refractivity contribution in [3.05, 3.63) is 85.1 Å². The predicted octanol–water partition coefficient (Wildman–Crippen LogP) is 3.72. The second kappa shape index (κ2) is 8.63. The molecule has 1 fully saturated rings. The van der Waals surface area contributed by atoms with E-state index in [0.29, 0.717) is 12.4 Å². The Labute approximate surface area is 192 Å². The van der Waals surface area contributed by atoms with Crippen LogP contribution >= 0.6 is 0 Å². The normalized spacial score (nSPS) is 14.1. The lowest BCUT2D eigenvalue weighted by Gasteiger charge is -2.25. The summed E-state index contributed by atoms with van der Waals surface area (Å²) in [4.78, 5) is 13.6. The molecule has 0 atom stereocenters. The molecule has 1 aliphatic rings. The van der Waals surface area contributed by atoms with E-state index in [9.17, 15) is 0 Å². The molecule has 33 heavy (non-hydrogen) atoms. The minimum atomic E-state index is 0.564. The van der Waals surface area contributed by atoms with Crippen LogP contribution in [0.2, 0.25) is 0 Å². The lowest BCUT2D eigenvalue weighted by Crippen LogP contribution is -2.26. The van der Waals surface area contributed by atoms with Crippen molar-refractivity contribution in [1.82, 2.24) is 39.0 Å². The van der Waals surface area contributed by atoms with Crippen molar-refractivity contribution >= 4 is 5.65 Å². The van der Waals surface area contributed by atoms with Gasteiger partial charge in [0, 0.05) is 43.1 Å². The third-order valence-corrected chi connectivity index (χ3v) is 6.29. The van der Waals surface area contributed by atoms with Crippen LogP contribution in [-0.4, -0.2) is 40.2 Å². The summed E-state index contributed by atoms with van der Waals surface area (Å²) in [5.41, 5.74) is 5.02. The van der Waals surface area contributed by atoms with Crippen molar-refractivity contribution in [3.8, 4) is 17.1 Å². The van der Waals surface area contributed by atoms with Gasteiger partial charge >= 0.3 is 0 Å². The molecule has 0 aromatic carbocycles. The van der Waals surface area contributed by atoms with Crippen molar-refractivity contribution in [1.29, 1.82) is 0 Å². The molecule has 8 heteroatoms. The molecule has 166 valence electrons. The molecule has 6 rings (SSSR count).